The molecule has 0 spiro atoms. The number of piperidine rings is 1. The van der Waals surface area contributed by atoms with Crippen LogP contribution in [0.3, 0.4) is 0 Å². The van der Waals surface area contributed by atoms with E-state index in [-0.39, 0.29) is 11.9 Å². The number of carbonyl (C=O) groups excluding carboxylic acids is 1. The van der Waals surface area contributed by atoms with Crippen LogP contribution in [0.5, 0.6) is 0 Å². The number of hydrogen-bond acceptors (Lipinski definition) is 3. The van der Waals surface area contributed by atoms with E-state index in [0.717, 1.165) is 18.6 Å². The highest BCUT2D eigenvalue weighted by molar-refractivity contribution is 8.00. The van der Waals surface area contributed by atoms with E-state index in [1.165, 1.54) is 0 Å². The average molecular weight is 186 g/mol. The number of fused-ring (bicyclic) bond motifs is 1. The Hall–Kier alpha value is -0.220. The van der Waals surface area contributed by atoms with Crippen molar-refractivity contribution in [3.05, 3.63) is 0 Å². The summed E-state index contributed by atoms with van der Waals surface area (Å²) < 4.78 is 0. The molecule has 0 aromatic heterocycles. The zero-order valence-corrected chi connectivity index (χ0v) is 8.01. The normalized spacial score (nSPS) is 41.7. The lowest BCUT2D eigenvalue weighted by Crippen LogP contribution is -2.52. The van der Waals surface area contributed by atoms with E-state index in [1.807, 2.05) is 16.7 Å². The van der Waals surface area contributed by atoms with Gasteiger partial charge < -0.3 is 10.6 Å². The molecular weight excluding hydrogens is 172 g/mol. The van der Waals surface area contributed by atoms with E-state index in [0.29, 0.717) is 11.4 Å². The Morgan fingerprint density at radius 3 is 3.08 bits per heavy atom. The second-order valence-corrected chi connectivity index (χ2v) is 4.78. The van der Waals surface area contributed by atoms with Crippen LogP contribution in [-0.4, -0.2) is 34.0 Å². The summed E-state index contributed by atoms with van der Waals surface area (Å²) in [5, 5.41) is 0.423. The molecule has 68 valence electrons. The molecular formula is C8H14N2OS. The molecule has 0 radical (unpaired) electrons. The number of amides is 1. The predicted octanol–water partition coefficient (Wildman–Crippen LogP) is 0.398. The molecule has 2 aliphatic rings. The minimum atomic E-state index is -0.234. The van der Waals surface area contributed by atoms with Crippen LogP contribution in [0.4, 0.5) is 0 Å². The summed E-state index contributed by atoms with van der Waals surface area (Å²) in [5.74, 6) is 1.23. The first-order valence-corrected chi connectivity index (χ1v) is 5.44. The summed E-state index contributed by atoms with van der Waals surface area (Å²) in [5.41, 5.74) is 5.70. The van der Waals surface area contributed by atoms with E-state index in [9.17, 15) is 4.79 Å². The highest BCUT2D eigenvalue weighted by Gasteiger charge is 2.40. The molecule has 1 amide bonds. The Kier molecular flexibility index (Phi) is 2.04. The maximum absolute atomic E-state index is 11.6. The van der Waals surface area contributed by atoms with Crippen molar-refractivity contribution in [3.63, 3.8) is 0 Å². The number of hydrogen-bond donors (Lipinski definition) is 1. The first-order valence-electron chi connectivity index (χ1n) is 4.39. The lowest BCUT2D eigenvalue weighted by atomic mass is 10.0. The van der Waals surface area contributed by atoms with Crippen molar-refractivity contribution < 1.29 is 4.79 Å². The van der Waals surface area contributed by atoms with Gasteiger partial charge in [0.25, 0.3) is 0 Å². The quantitative estimate of drug-likeness (QED) is 0.595. The zero-order chi connectivity index (χ0) is 8.72. The lowest BCUT2D eigenvalue weighted by Gasteiger charge is -2.34. The maximum Gasteiger partial charge on any atom is 0.240 e. The van der Waals surface area contributed by atoms with Gasteiger partial charge >= 0.3 is 0 Å². The number of carbonyl (C=O) groups is 1. The Balaban J connectivity index is 2.17. The number of rotatable bonds is 0. The van der Waals surface area contributed by atoms with Crippen LogP contribution in [0, 0.1) is 0 Å². The van der Waals surface area contributed by atoms with Crippen molar-refractivity contribution in [2.45, 2.75) is 37.2 Å². The van der Waals surface area contributed by atoms with Gasteiger partial charge in [-0.3, -0.25) is 4.79 Å². The standard InChI is InChI=1S/C8H14N2OS/c1-5-4-12-7-3-2-6(9)8(11)10(5)7/h5-7H,2-4,9H2,1H3/t5-,6+,7?/m1/s1. The SMILES string of the molecule is C[C@@H]1CSC2CC[C@H](N)C(=O)N21. The molecule has 0 saturated carbocycles. The third-order valence-electron chi connectivity index (χ3n) is 2.61. The molecule has 2 aliphatic heterocycles. The number of thioether (sulfide) groups is 1. The largest absolute Gasteiger partial charge is 0.326 e. The van der Waals surface area contributed by atoms with Crippen LogP contribution >= 0.6 is 11.8 Å². The Morgan fingerprint density at radius 2 is 2.33 bits per heavy atom. The van der Waals surface area contributed by atoms with E-state index in [1.54, 1.807) is 0 Å². The third-order valence-corrected chi connectivity index (χ3v) is 4.13. The molecule has 2 heterocycles. The Labute approximate surface area is 76.7 Å². The fraction of sp³-hybridized carbons (Fsp3) is 0.875. The van der Waals surface area contributed by atoms with E-state index in [2.05, 4.69) is 6.92 Å². The molecule has 1 unspecified atom stereocenters. The van der Waals surface area contributed by atoms with Crippen molar-refractivity contribution in [3.8, 4) is 0 Å². The molecule has 3 atom stereocenters. The molecule has 12 heavy (non-hydrogen) atoms. The van der Waals surface area contributed by atoms with Crippen molar-refractivity contribution in [2.75, 3.05) is 5.75 Å². The molecule has 2 rings (SSSR count). The van der Waals surface area contributed by atoms with E-state index < -0.39 is 0 Å². The molecule has 4 heteroatoms. The summed E-state index contributed by atoms with van der Waals surface area (Å²) in [6.07, 6.45) is 1.93. The summed E-state index contributed by atoms with van der Waals surface area (Å²) in [7, 11) is 0. The molecule has 0 bridgehead atoms. The summed E-state index contributed by atoms with van der Waals surface area (Å²) in [4.78, 5) is 13.6. The minimum Gasteiger partial charge on any atom is -0.326 e. The molecule has 2 saturated heterocycles. The maximum atomic E-state index is 11.6. The van der Waals surface area contributed by atoms with Crippen LogP contribution in [0.15, 0.2) is 0 Å². The number of nitrogens with two attached hydrogens (primary N) is 1. The van der Waals surface area contributed by atoms with E-state index in [4.69, 9.17) is 5.73 Å². The number of nitrogens with zero attached hydrogens (tertiary/aromatic N) is 1. The van der Waals surface area contributed by atoms with Crippen LogP contribution in [-0.2, 0) is 4.79 Å². The third kappa shape index (κ3) is 1.13. The molecule has 0 aromatic carbocycles. The molecule has 0 aliphatic carbocycles. The monoisotopic (exact) mass is 186 g/mol. The topological polar surface area (TPSA) is 46.3 Å². The van der Waals surface area contributed by atoms with Crippen molar-refractivity contribution in [2.24, 2.45) is 5.73 Å². The van der Waals surface area contributed by atoms with Crippen molar-refractivity contribution in [1.82, 2.24) is 4.90 Å². The molecule has 3 nitrogen and oxygen atoms in total. The zero-order valence-electron chi connectivity index (χ0n) is 7.19. The Bertz CT molecular complexity index is 209. The minimum absolute atomic E-state index is 0.156. The molecule has 2 fully saturated rings. The van der Waals surface area contributed by atoms with E-state index >= 15 is 0 Å². The molecule has 2 N–H and O–H groups in total. The van der Waals surface area contributed by atoms with Gasteiger partial charge in [0.15, 0.2) is 0 Å². The van der Waals surface area contributed by atoms with Crippen LogP contribution in [0.2, 0.25) is 0 Å². The van der Waals surface area contributed by atoms with Crippen molar-refractivity contribution in [1.29, 1.82) is 0 Å². The van der Waals surface area contributed by atoms with Crippen LogP contribution in [0.25, 0.3) is 0 Å². The highest BCUT2D eigenvalue weighted by atomic mass is 32.2. The van der Waals surface area contributed by atoms with Gasteiger partial charge in [-0.25, -0.2) is 0 Å². The lowest BCUT2D eigenvalue weighted by molar-refractivity contribution is -0.136. The summed E-state index contributed by atoms with van der Waals surface area (Å²) in [6.45, 7) is 2.10. The highest BCUT2D eigenvalue weighted by Crippen LogP contribution is 2.35. The van der Waals surface area contributed by atoms with Gasteiger partial charge in [0.05, 0.1) is 11.4 Å². The predicted molar refractivity (Wildman–Crippen MR) is 49.8 cm³/mol. The van der Waals surface area contributed by atoms with Crippen LogP contribution < -0.4 is 5.73 Å². The van der Waals surface area contributed by atoms with Crippen molar-refractivity contribution >= 4 is 17.7 Å². The summed E-state index contributed by atoms with van der Waals surface area (Å²) in [6, 6.07) is 0.154. The van der Waals surface area contributed by atoms with Gasteiger partial charge in [0.2, 0.25) is 5.91 Å². The van der Waals surface area contributed by atoms with Gasteiger partial charge in [0.1, 0.15) is 0 Å². The van der Waals surface area contributed by atoms with Gasteiger partial charge in [0, 0.05) is 11.8 Å². The van der Waals surface area contributed by atoms with Gasteiger partial charge in [-0.1, -0.05) is 0 Å². The smallest absolute Gasteiger partial charge is 0.240 e. The van der Waals surface area contributed by atoms with Gasteiger partial charge in [-0.15, -0.1) is 11.8 Å². The fourth-order valence-electron chi connectivity index (χ4n) is 1.91. The second kappa shape index (κ2) is 2.92. The first-order chi connectivity index (χ1) is 5.70. The first kappa shape index (κ1) is 8.38. The van der Waals surface area contributed by atoms with Gasteiger partial charge in [-0.05, 0) is 19.8 Å². The van der Waals surface area contributed by atoms with Crippen LogP contribution in [0.1, 0.15) is 19.8 Å². The Morgan fingerprint density at radius 1 is 1.58 bits per heavy atom. The van der Waals surface area contributed by atoms with Gasteiger partial charge in [-0.2, -0.15) is 0 Å². The molecule has 0 aromatic rings. The fourth-order valence-corrected chi connectivity index (χ4v) is 3.35. The average Bonchev–Trinajstić information content (AvgIpc) is 2.41. The second-order valence-electron chi connectivity index (χ2n) is 3.57. The summed E-state index contributed by atoms with van der Waals surface area (Å²) >= 11 is 1.89.